The Morgan fingerprint density at radius 2 is 1.27 bits per heavy atom. The number of nitrogens with one attached hydrogen (secondary N) is 2. The van der Waals surface area contributed by atoms with Crippen molar-refractivity contribution in [3.05, 3.63) is 165 Å². The number of hydrogen-bond acceptors (Lipinski definition) is 7. The zero-order chi connectivity index (χ0) is 41.3. The lowest BCUT2D eigenvalue weighted by Crippen LogP contribution is -2.13. The van der Waals surface area contributed by atoms with E-state index in [-0.39, 0.29) is 17.2 Å². The van der Waals surface area contributed by atoms with E-state index in [4.69, 9.17) is 16.6 Å². The van der Waals surface area contributed by atoms with Gasteiger partial charge in [0, 0.05) is 67.4 Å². The van der Waals surface area contributed by atoms with Gasteiger partial charge in [0.2, 0.25) is 0 Å². The van der Waals surface area contributed by atoms with Crippen LogP contribution < -0.4 is 10.6 Å². The first-order valence-electron chi connectivity index (χ1n) is 17.7. The van der Waals surface area contributed by atoms with Crippen molar-refractivity contribution in [1.82, 2.24) is 33.9 Å². The normalized spacial score (nSPS) is 11.4. The van der Waals surface area contributed by atoms with E-state index in [2.05, 4.69) is 62.4 Å². The molecule has 9 aromatic rings. The van der Waals surface area contributed by atoms with Crippen molar-refractivity contribution in [1.29, 1.82) is 0 Å². The van der Waals surface area contributed by atoms with Gasteiger partial charge in [-0.3, -0.25) is 4.40 Å². The highest BCUT2D eigenvalue weighted by molar-refractivity contribution is 9.10. The molecular weight excluding hydrogens is 914 g/mol. The highest BCUT2D eigenvalue weighted by atomic mass is 79.9. The Balaban J connectivity index is 0.000000164. The summed E-state index contributed by atoms with van der Waals surface area (Å²) >= 11 is 12.8. The fourth-order valence-corrected chi connectivity index (χ4v) is 7.16. The van der Waals surface area contributed by atoms with Gasteiger partial charge in [-0.1, -0.05) is 73.8 Å². The second kappa shape index (κ2) is 16.6. The number of pyridine rings is 1. The predicted octanol–water partition coefficient (Wildman–Crippen LogP) is 12.9. The van der Waals surface area contributed by atoms with Gasteiger partial charge in [-0.2, -0.15) is 13.2 Å². The first-order valence-corrected chi connectivity index (χ1v) is 19.7. The van der Waals surface area contributed by atoms with Crippen LogP contribution in [0.2, 0.25) is 5.02 Å². The number of alkyl halides is 3. The van der Waals surface area contributed by atoms with Gasteiger partial charge in [0.15, 0.2) is 11.6 Å². The van der Waals surface area contributed by atoms with E-state index < -0.39 is 11.9 Å². The molecule has 0 aliphatic carbocycles. The lowest BCUT2D eigenvalue weighted by atomic mass is 10.1. The van der Waals surface area contributed by atoms with Crippen LogP contribution in [0, 0.1) is 5.82 Å². The lowest BCUT2D eigenvalue weighted by molar-refractivity contribution is -0.142. The molecule has 0 spiro atoms. The molecule has 5 aromatic heterocycles. The Hall–Kier alpha value is -6.16. The van der Waals surface area contributed by atoms with Crippen molar-refractivity contribution in [2.45, 2.75) is 6.18 Å². The van der Waals surface area contributed by atoms with Gasteiger partial charge in [-0.25, -0.2) is 29.3 Å². The van der Waals surface area contributed by atoms with Gasteiger partial charge in [-0.15, -0.1) is 0 Å². The zero-order valence-electron chi connectivity index (χ0n) is 30.6. The topological polar surface area (TPSA) is 97.9 Å². The van der Waals surface area contributed by atoms with E-state index in [9.17, 15) is 17.6 Å². The second-order valence-corrected chi connectivity index (χ2v) is 15.3. The van der Waals surface area contributed by atoms with Crippen molar-refractivity contribution >= 4 is 83.0 Å². The summed E-state index contributed by atoms with van der Waals surface area (Å²) in [6, 6.07) is 35.9. The summed E-state index contributed by atoms with van der Waals surface area (Å²) < 4.78 is 60.4. The minimum absolute atomic E-state index is 0.0349. The van der Waals surface area contributed by atoms with Gasteiger partial charge in [-0.05, 0) is 91.0 Å². The van der Waals surface area contributed by atoms with Gasteiger partial charge in [0.25, 0.3) is 0 Å². The Morgan fingerprint density at radius 3 is 1.88 bits per heavy atom. The number of benzene rings is 4. The monoisotopic (exact) mass is 939 g/mol. The van der Waals surface area contributed by atoms with Crippen molar-refractivity contribution < 1.29 is 17.6 Å². The number of fused-ring (bicyclic) bond motifs is 2. The fourth-order valence-electron chi connectivity index (χ4n) is 6.46. The highest BCUT2D eigenvalue weighted by Crippen LogP contribution is 2.43. The van der Waals surface area contributed by atoms with Crippen molar-refractivity contribution in [2.24, 2.45) is 7.05 Å². The summed E-state index contributed by atoms with van der Waals surface area (Å²) in [5.41, 5.74) is 3.98. The average molecular weight is 942 g/mol. The van der Waals surface area contributed by atoms with Gasteiger partial charge in [0.05, 0.1) is 5.56 Å². The fraction of sp³-hybridized carbons (Fsp3) is 0.0465. The Morgan fingerprint density at radius 1 is 0.678 bits per heavy atom. The van der Waals surface area contributed by atoms with Crippen LogP contribution in [0.3, 0.4) is 0 Å². The Bertz CT molecular complexity index is 2940. The largest absolute Gasteiger partial charge is 0.432 e. The molecule has 2 N–H and O–H groups in total. The quantitative estimate of drug-likeness (QED) is 0.154. The number of imidazole rings is 1. The van der Waals surface area contributed by atoms with Crippen LogP contribution in [0.5, 0.6) is 0 Å². The van der Waals surface area contributed by atoms with Crippen LogP contribution in [0.1, 0.15) is 5.69 Å². The molecule has 0 saturated carbocycles. The maximum atomic E-state index is 14.0. The molecule has 16 heteroatoms. The maximum absolute atomic E-state index is 14.0. The summed E-state index contributed by atoms with van der Waals surface area (Å²) in [5.74, 6) is 1.07. The molecule has 9 nitrogen and oxygen atoms in total. The predicted molar refractivity (Wildman–Crippen MR) is 230 cm³/mol. The molecule has 0 radical (unpaired) electrons. The van der Waals surface area contributed by atoms with Crippen molar-refractivity contribution in [2.75, 3.05) is 10.6 Å². The third kappa shape index (κ3) is 8.67. The van der Waals surface area contributed by atoms with E-state index in [1.54, 1.807) is 40.9 Å². The first kappa shape index (κ1) is 39.7. The highest BCUT2D eigenvalue weighted by Gasteiger charge is 2.39. The first-order chi connectivity index (χ1) is 28.4. The lowest BCUT2D eigenvalue weighted by Gasteiger charge is -2.12. The molecule has 0 amide bonds. The second-order valence-electron chi connectivity index (χ2n) is 13.0. The average Bonchev–Trinajstić information content (AvgIpc) is 3.75. The van der Waals surface area contributed by atoms with E-state index in [1.807, 2.05) is 78.9 Å². The van der Waals surface area contributed by atoms with Crippen molar-refractivity contribution in [3.63, 3.8) is 0 Å². The standard InChI is InChI=1S/C23H15BrFN5.C20H13BrClF3N4/c24-16-6-9-18(10-7-16)27-19-12-13-26-23(28-19)22-21(15-4-2-1-3-5-15)29-20-11-8-17(25)14-30(20)22;1-29-15-7-4-12(22)10-14(15)17(18(29)20(23,24)25)19-26-9-8-16(28-19)27-13-5-2-11(21)3-6-13/h1-14H,(H,26,27,28);2-10H,1H3,(H,26,27,28). The molecule has 0 atom stereocenters. The SMILES string of the molecule is Cn1c(C(F)(F)F)c(-c2nccc(Nc3ccc(Br)cc3)n2)c2cc(Cl)ccc21.Fc1ccc2nc(-c3ccccc3)c(-c3nccc(Nc4ccc(Br)cc4)n3)n2c1. The van der Waals surface area contributed by atoms with Crippen LogP contribution in [-0.4, -0.2) is 33.9 Å². The van der Waals surface area contributed by atoms with Crippen LogP contribution in [0.4, 0.5) is 40.6 Å². The summed E-state index contributed by atoms with van der Waals surface area (Å²) in [6.07, 6.45) is -0.0829. The molecule has 0 aliphatic heterocycles. The third-order valence-corrected chi connectivity index (χ3v) is 10.3. The molecule has 0 fully saturated rings. The van der Waals surface area contributed by atoms with Gasteiger partial charge in [0.1, 0.15) is 40.2 Å². The molecule has 4 aromatic carbocycles. The zero-order valence-corrected chi connectivity index (χ0v) is 34.5. The molecule has 0 bridgehead atoms. The third-order valence-electron chi connectivity index (χ3n) is 9.04. The van der Waals surface area contributed by atoms with Gasteiger partial charge < -0.3 is 15.2 Å². The van der Waals surface area contributed by atoms with Crippen LogP contribution in [0.25, 0.3) is 50.7 Å². The molecule has 9 rings (SSSR count). The summed E-state index contributed by atoms with van der Waals surface area (Å²) in [6.45, 7) is 0. The molecule has 0 aliphatic rings. The van der Waals surface area contributed by atoms with E-state index in [1.165, 1.54) is 31.6 Å². The summed E-state index contributed by atoms with van der Waals surface area (Å²) in [5, 5.41) is 7.03. The van der Waals surface area contributed by atoms with Crippen LogP contribution in [-0.2, 0) is 13.2 Å². The smallest absolute Gasteiger partial charge is 0.340 e. The molecule has 0 saturated heterocycles. The summed E-state index contributed by atoms with van der Waals surface area (Å²) in [7, 11) is 1.37. The number of aryl methyl sites for hydroxylation is 1. The number of halogens is 7. The number of aromatic nitrogens is 7. The minimum atomic E-state index is -4.59. The van der Waals surface area contributed by atoms with Crippen LogP contribution in [0.15, 0.2) is 149 Å². The number of anilines is 4. The van der Waals surface area contributed by atoms with Crippen LogP contribution >= 0.6 is 43.5 Å². The number of nitrogens with zero attached hydrogens (tertiary/aromatic N) is 7. The number of rotatable bonds is 7. The maximum Gasteiger partial charge on any atom is 0.432 e. The van der Waals surface area contributed by atoms with Crippen molar-refractivity contribution in [3.8, 4) is 34.2 Å². The molecule has 59 heavy (non-hydrogen) atoms. The molecule has 5 heterocycles. The Kier molecular flexibility index (Phi) is 11.2. The van der Waals surface area contributed by atoms with E-state index in [0.717, 1.165) is 30.5 Å². The Labute approximate surface area is 356 Å². The van der Waals surface area contributed by atoms with E-state index >= 15 is 0 Å². The summed E-state index contributed by atoms with van der Waals surface area (Å²) in [4.78, 5) is 22.3. The van der Waals surface area contributed by atoms with E-state index in [0.29, 0.717) is 50.4 Å². The van der Waals surface area contributed by atoms with Gasteiger partial charge >= 0.3 is 6.18 Å². The minimum Gasteiger partial charge on any atom is -0.340 e. The molecule has 294 valence electrons. The molecular formula is C43H28Br2ClF4N9. The number of hydrogen-bond donors (Lipinski definition) is 2. The molecule has 0 unspecified atom stereocenters.